The largest absolute Gasteiger partial charge is 0.463 e. The van der Waals surface area contributed by atoms with Crippen molar-refractivity contribution in [1.82, 2.24) is 5.32 Å². The summed E-state index contributed by atoms with van der Waals surface area (Å²) in [6.07, 6.45) is 0. The van der Waals surface area contributed by atoms with Crippen LogP contribution in [0, 0.1) is 11.3 Å². The zero-order chi connectivity index (χ0) is 17.9. The van der Waals surface area contributed by atoms with E-state index in [1.54, 1.807) is 31.2 Å². The van der Waals surface area contributed by atoms with Gasteiger partial charge in [0.05, 0.1) is 17.9 Å². The number of rotatable bonds is 4. The maximum absolute atomic E-state index is 13.1. The average molecular weight is 332 g/mol. The minimum atomic E-state index is -2.06. The molecule has 2 aromatic carbocycles. The third-order valence-corrected chi connectivity index (χ3v) is 4.00. The van der Waals surface area contributed by atoms with Gasteiger partial charge in [0.25, 0.3) is 5.54 Å². The topological polar surface area (TPSA) is 79.2 Å². The lowest BCUT2D eigenvalue weighted by Gasteiger charge is -2.19. The van der Waals surface area contributed by atoms with Gasteiger partial charge < -0.3 is 10.1 Å². The lowest BCUT2D eigenvalue weighted by molar-refractivity contribution is -0.150. The van der Waals surface area contributed by atoms with Crippen molar-refractivity contribution < 1.29 is 14.3 Å². The lowest BCUT2D eigenvalue weighted by atomic mass is 9.90. The van der Waals surface area contributed by atoms with Crippen LogP contribution in [0.1, 0.15) is 18.1 Å². The van der Waals surface area contributed by atoms with Gasteiger partial charge in [0.15, 0.2) is 0 Å². The van der Waals surface area contributed by atoms with E-state index in [1.165, 1.54) is 0 Å². The number of ether oxygens (including phenoxy) is 1. The van der Waals surface area contributed by atoms with Gasteiger partial charge in [0.2, 0.25) is 5.78 Å². The monoisotopic (exact) mass is 332 g/mol. The van der Waals surface area contributed by atoms with Gasteiger partial charge in [-0.1, -0.05) is 60.7 Å². The van der Waals surface area contributed by atoms with Crippen LogP contribution in [0.2, 0.25) is 0 Å². The molecule has 1 aliphatic heterocycles. The van der Waals surface area contributed by atoms with Crippen molar-refractivity contribution in [1.29, 1.82) is 5.26 Å². The number of nitrogens with zero attached hydrogens (tertiary/aromatic N) is 1. The molecule has 1 heterocycles. The molecule has 0 fully saturated rings. The first kappa shape index (κ1) is 16.5. The summed E-state index contributed by atoms with van der Waals surface area (Å²) in [4.78, 5) is 25.5. The van der Waals surface area contributed by atoms with E-state index in [0.29, 0.717) is 16.8 Å². The minimum Gasteiger partial charge on any atom is -0.463 e. The maximum Gasteiger partial charge on any atom is 0.355 e. The predicted molar refractivity (Wildman–Crippen MR) is 92.8 cm³/mol. The number of benzene rings is 2. The van der Waals surface area contributed by atoms with E-state index in [-0.39, 0.29) is 6.61 Å². The molecule has 5 heteroatoms. The summed E-state index contributed by atoms with van der Waals surface area (Å²) in [6.45, 7) is 1.71. The Kier molecular flexibility index (Phi) is 4.36. The van der Waals surface area contributed by atoms with Crippen LogP contribution >= 0.6 is 0 Å². The van der Waals surface area contributed by atoms with Crippen molar-refractivity contribution in [3.8, 4) is 6.07 Å². The van der Waals surface area contributed by atoms with Crippen LogP contribution in [0.15, 0.2) is 60.7 Å². The number of nitriles is 1. The number of esters is 1. The Bertz CT molecular complexity index is 882. The van der Waals surface area contributed by atoms with E-state index >= 15 is 0 Å². The fraction of sp³-hybridized carbons (Fsp3) is 0.150. The molecule has 3 rings (SSSR count). The summed E-state index contributed by atoms with van der Waals surface area (Å²) in [5.41, 5.74) is 0.0519. The molecule has 1 N–H and O–H groups in total. The first-order valence-electron chi connectivity index (χ1n) is 7.90. The second-order valence-electron chi connectivity index (χ2n) is 5.52. The van der Waals surface area contributed by atoms with E-state index in [0.717, 1.165) is 5.56 Å². The van der Waals surface area contributed by atoms with Crippen molar-refractivity contribution in [2.24, 2.45) is 0 Å². The molecule has 1 aliphatic rings. The Morgan fingerprint density at radius 1 is 1.08 bits per heavy atom. The Morgan fingerprint density at radius 2 is 1.64 bits per heavy atom. The number of carbonyl (C=O) groups is 2. The molecule has 0 amide bonds. The van der Waals surface area contributed by atoms with Gasteiger partial charge in [-0.3, -0.25) is 4.79 Å². The molecule has 25 heavy (non-hydrogen) atoms. The van der Waals surface area contributed by atoms with Crippen LogP contribution in [0.5, 0.6) is 0 Å². The minimum absolute atomic E-state index is 0.0819. The third-order valence-electron chi connectivity index (χ3n) is 4.00. The summed E-state index contributed by atoms with van der Waals surface area (Å²) in [7, 11) is 0. The SMILES string of the molecule is CCOC(=O)C1(C#N)NC(c2ccccc2)=C(c2ccccc2)C1=O. The zero-order valence-electron chi connectivity index (χ0n) is 13.7. The molecule has 1 unspecified atom stereocenters. The maximum atomic E-state index is 13.1. The molecule has 0 radical (unpaired) electrons. The van der Waals surface area contributed by atoms with Crippen LogP contribution in [0.25, 0.3) is 11.3 Å². The van der Waals surface area contributed by atoms with Crippen molar-refractivity contribution in [2.75, 3.05) is 6.61 Å². The molecule has 0 aromatic heterocycles. The molecule has 0 bridgehead atoms. The Labute approximate surface area is 145 Å². The van der Waals surface area contributed by atoms with Crippen LogP contribution in [-0.2, 0) is 14.3 Å². The molecular weight excluding hydrogens is 316 g/mol. The van der Waals surface area contributed by atoms with Gasteiger partial charge in [-0.05, 0) is 18.1 Å². The quantitative estimate of drug-likeness (QED) is 0.687. The third kappa shape index (κ3) is 2.68. The fourth-order valence-electron chi connectivity index (χ4n) is 2.82. The highest BCUT2D eigenvalue weighted by Gasteiger charge is 2.55. The number of carbonyl (C=O) groups excluding carboxylic acids is 2. The normalized spacial score (nSPS) is 19.3. The zero-order valence-corrected chi connectivity index (χ0v) is 13.7. The van der Waals surface area contributed by atoms with Gasteiger partial charge in [0, 0.05) is 0 Å². The van der Waals surface area contributed by atoms with E-state index in [9.17, 15) is 14.9 Å². The summed E-state index contributed by atoms with van der Waals surface area (Å²) in [5, 5.41) is 12.5. The number of hydrogen-bond donors (Lipinski definition) is 1. The van der Waals surface area contributed by atoms with Gasteiger partial charge in [0.1, 0.15) is 6.07 Å². The van der Waals surface area contributed by atoms with Crippen molar-refractivity contribution >= 4 is 23.0 Å². The molecule has 0 saturated heterocycles. The van der Waals surface area contributed by atoms with E-state index < -0.39 is 17.3 Å². The Morgan fingerprint density at radius 3 is 2.16 bits per heavy atom. The number of nitrogens with one attached hydrogen (secondary N) is 1. The van der Waals surface area contributed by atoms with Gasteiger partial charge in [-0.15, -0.1) is 0 Å². The molecule has 0 saturated carbocycles. The molecule has 5 nitrogen and oxygen atoms in total. The molecular formula is C20H16N2O3. The molecule has 0 aliphatic carbocycles. The average Bonchev–Trinajstić information content (AvgIpc) is 2.97. The molecule has 2 aromatic rings. The second-order valence-corrected chi connectivity index (χ2v) is 5.52. The summed E-state index contributed by atoms with van der Waals surface area (Å²) in [6, 6.07) is 20.0. The predicted octanol–water partition coefficient (Wildman–Crippen LogP) is 2.55. The van der Waals surface area contributed by atoms with Crippen molar-refractivity contribution in [3.63, 3.8) is 0 Å². The number of ketones is 1. The van der Waals surface area contributed by atoms with Gasteiger partial charge in [-0.25, -0.2) is 4.79 Å². The molecule has 0 spiro atoms. The first-order valence-corrected chi connectivity index (χ1v) is 7.90. The summed E-state index contributed by atoms with van der Waals surface area (Å²) >= 11 is 0. The van der Waals surface area contributed by atoms with Crippen LogP contribution in [-0.4, -0.2) is 23.9 Å². The summed E-state index contributed by atoms with van der Waals surface area (Å²) < 4.78 is 4.99. The summed E-state index contributed by atoms with van der Waals surface area (Å²) in [5.74, 6) is -1.49. The van der Waals surface area contributed by atoms with Crippen LogP contribution in [0.4, 0.5) is 0 Å². The Hall–Kier alpha value is -3.39. The Balaban J connectivity index is 2.19. The molecule has 1 atom stereocenters. The number of Topliss-reactive ketones (excluding diaryl/α,β-unsaturated/α-hetero) is 1. The highest BCUT2D eigenvalue weighted by Crippen LogP contribution is 2.36. The van der Waals surface area contributed by atoms with E-state index in [1.807, 2.05) is 42.5 Å². The standard InChI is InChI=1S/C20H16N2O3/c1-2-25-19(24)20(13-21)18(23)16(14-9-5-3-6-10-14)17(22-20)15-11-7-4-8-12-15/h3-12,22H,2H2,1H3. The van der Waals surface area contributed by atoms with Gasteiger partial charge in [-0.2, -0.15) is 5.26 Å². The second kappa shape index (κ2) is 6.62. The van der Waals surface area contributed by atoms with Crippen molar-refractivity contribution in [2.45, 2.75) is 12.5 Å². The lowest BCUT2D eigenvalue weighted by Crippen LogP contribution is -2.53. The highest BCUT2D eigenvalue weighted by molar-refractivity contribution is 6.41. The van der Waals surface area contributed by atoms with Crippen LogP contribution < -0.4 is 5.32 Å². The van der Waals surface area contributed by atoms with E-state index in [2.05, 4.69) is 5.32 Å². The molecule has 124 valence electrons. The fourth-order valence-corrected chi connectivity index (χ4v) is 2.82. The van der Waals surface area contributed by atoms with Gasteiger partial charge >= 0.3 is 5.97 Å². The van der Waals surface area contributed by atoms with Crippen molar-refractivity contribution in [3.05, 3.63) is 71.8 Å². The smallest absolute Gasteiger partial charge is 0.355 e. The number of hydrogen-bond acceptors (Lipinski definition) is 5. The highest BCUT2D eigenvalue weighted by atomic mass is 16.5. The van der Waals surface area contributed by atoms with Crippen LogP contribution in [0.3, 0.4) is 0 Å². The van der Waals surface area contributed by atoms with E-state index in [4.69, 9.17) is 4.74 Å². The first-order chi connectivity index (χ1) is 12.1.